The summed E-state index contributed by atoms with van der Waals surface area (Å²) in [6.45, 7) is 0.274. The van der Waals surface area contributed by atoms with Gasteiger partial charge in [-0.3, -0.25) is 4.79 Å². The number of hydrogen-bond donors (Lipinski definition) is 2. The highest BCUT2D eigenvalue weighted by atomic mass is 35.5. The number of nitrogen functional groups attached to an aromatic ring is 1. The van der Waals surface area contributed by atoms with Gasteiger partial charge in [-0.05, 0) is 29.1 Å². The minimum absolute atomic E-state index is 0.0392. The lowest BCUT2D eigenvalue weighted by Crippen LogP contribution is -2.22. The Morgan fingerprint density at radius 3 is 2.83 bits per heavy atom. The van der Waals surface area contributed by atoms with E-state index in [0.29, 0.717) is 10.6 Å². The molecule has 6 heteroatoms. The van der Waals surface area contributed by atoms with Gasteiger partial charge in [-0.1, -0.05) is 17.7 Å². The Labute approximate surface area is 112 Å². The summed E-state index contributed by atoms with van der Waals surface area (Å²) >= 11 is 6.92. The summed E-state index contributed by atoms with van der Waals surface area (Å²) < 4.78 is 12.9. The average Bonchev–Trinajstić information content (AvgIpc) is 2.77. The van der Waals surface area contributed by atoms with Crippen LogP contribution in [0.25, 0.3) is 0 Å². The SMILES string of the molecule is Nc1ccsc1C(=O)NCc1ccc(F)c(Cl)c1. The molecular formula is C12H10ClFN2OS. The molecule has 2 aromatic rings. The van der Waals surface area contributed by atoms with Crippen LogP contribution in [-0.2, 0) is 6.54 Å². The second-order valence-corrected chi connectivity index (χ2v) is 4.96. The number of hydrogen-bond acceptors (Lipinski definition) is 3. The third-order valence-electron chi connectivity index (χ3n) is 2.34. The zero-order chi connectivity index (χ0) is 13.1. The molecule has 0 aliphatic heterocycles. The first kappa shape index (κ1) is 12.9. The van der Waals surface area contributed by atoms with Gasteiger partial charge in [-0.2, -0.15) is 0 Å². The van der Waals surface area contributed by atoms with E-state index in [0.717, 1.165) is 5.56 Å². The molecule has 1 amide bonds. The lowest BCUT2D eigenvalue weighted by molar-refractivity contribution is 0.0956. The van der Waals surface area contributed by atoms with Gasteiger partial charge >= 0.3 is 0 Å². The van der Waals surface area contributed by atoms with Gasteiger partial charge in [-0.15, -0.1) is 11.3 Å². The van der Waals surface area contributed by atoms with E-state index in [-0.39, 0.29) is 17.5 Å². The van der Waals surface area contributed by atoms with Crippen LogP contribution in [0.1, 0.15) is 15.2 Å². The van der Waals surface area contributed by atoms with Gasteiger partial charge in [0.2, 0.25) is 0 Å². The van der Waals surface area contributed by atoms with Crippen molar-refractivity contribution < 1.29 is 9.18 Å². The second kappa shape index (κ2) is 5.37. The topological polar surface area (TPSA) is 55.1 Å². The van der Waals surface area contributed by atoms with Crippen LogP contribution in [0.3, 0.4) is 0 Å². The smallest absolute Gasteiger partial charge is 0.263 e. The van der Waals surface area contributed by atoms with Crippen LogP contribution in [0, 0.1) is 5.82 Å². The highest BCUT2D eigenvalue weighted by Gasteiger charge is 2.10. The number of nitrogens with two attached hydrogens (primary N) is 1. The fourth-order valence-electron chi connectivity index (χ4n) is 1.42. The molecule has 2 rings (SSSR count). The van der Waals surface area contributed by atoms with Gasteiger partial charge in [0.05, 0.1) is 10.7 Å². The fraction of sp³-hybridized carbons (Fsp3) is 0.0833. The van der Waals surface area contributed by atoms with E-state index in [4.69, 9.17) is 17.3 Å². The van der Waals surface area contributed by atoms with Crippen molar-refractivity contribution in [3.05, 3.63) is 50.9 Å². The molecule has 3 nitrogen and oxygen atoms in total. The quantitative estimate of drug-likeness (QED) is 0.910. The van der Waals surface area contributed by atoms with Gasteiger partial charge < -0.3 is 11.1 Å². The number of amides is 1. The van der Waals surface area contributed by atoms with Gasteiger partial charge in [-0.25, -0.2) is 4.39 Å². The zero-order valence-corrected chi connectivity index (χ0v) is 10.8. The predicted octanol–water partition coefficient (Wildman–Crippen LogP) is 3.05. The molecule has 0 fully saturated rings. The van der Waals surface area contributed by atoms with E-state index < -0.39 is 5.82 Å². The molecule has 1 heterocycles. The van der Waals surface area contributed by atoms with Gasteiger partial charge in [0.25, 0.3) is 5.91 Å². The highest BCUT2D eigenvalue weighted by Crippen LogP contribution is 2.19. The van der Waals surface area contributed by atoms with Crippen LogP contribution in [0.4, 0.5) is 10.1 Å². The third kappa shape index (κ3) is 2.80. The number of nitrogens with one attached hydrogen (secondary N) is 1. The number of halogens is 2. The van der Waals surface area contributed by atoms with Crippen LogP contribution >= 0.6 is 22.9 Å². The Balaban J connectivity index is 2.02. The molecular weight excluding hydrogens is 275 g/mol. The van der Waals surface area contributed by atoms with Crippen molar-refractivity contribution in [2.75, 3.05) is 5.73 Å². The summed E-state index contributed by atoms with van der Waals surface area (Å²) in [7, 11) is 0. The number of carbonyl (C=O) groups is 1. The molecule has 0 saturated heterocycles. The minimum atomic E-state index is -0.478. The van der Waals surface area contributed by atoms with E-state index in [1.54, 1.807) is 17.5 Å². The van der Waals surface area contributed by atoms with Crippen LogP contribution in [-0.4, -0.2) is 5.91 Å². The van der Waals surface area contributed by atoms with Crippen molar-refractivity contribution in [3.63, 3.8) is 0 Å². The molecule has 0 spiro atoms. The van der Waals surface area contributed by atoms with E-state index in [9.17, 15) is 9.18 Å². The molecule has 18 heavy (non-hydrogen) atoms. The molecule has 0 aliphatic rings. The second-order valence-electron chi connectivity index (χ2n) is 3.64. The normalized spacial score (nSPS) is 10.3. The first-order valence-electron chi connectivity index (χ1n) is 5.13. The lowest BCUT2D eigenvalue weighted by atomic mass is 10.2. The van der Waals surface area contributed by atoms with Crippen molar-refractivity contribution in [2.45, 2.75) is 6.54 Å². The van der Waals surface area contributed by atoms with Gasteiger partial charge in [0.15, 0.2) is 0 Å². The van der Waals surface area contributed by atoms with Crippen LogP contribution < -0.4 is 11.1 Å². The molecule has 1 aromatic heterocycles. The van der Waals surface area contributed by atoms with E-state index in [2.05, 4.69) is 5.32 Å². The molecule has 0 saturated carbocycles. The maximum Gasteiger partial charge on any atom is 0.263 e. The predicted molar refractivity (Wildman–Crippen MR) is 71.3 cm³/mol. The average molecular weight is 285 g/mol. The first-order valence-corrected chi connectivity index (χ1v) is 6.39. The van der Waals surface area contributed by atoms with Gasteiger partial charge in [0.1, 0.15) is 10.7 Å². The number of thiophene rings is 1. The Hall–Kier alpha value is -1.59. The van der Waals surface area contributed by atoms with E-state index >= 15 is 0 Å². The molecule has 0 aliphatic carbocycles. The van der Waals surface area contributed by atoms with Crippen molar-refractivity contribution >= 4 is 34.5 Å². The zero-order valence-electron chi connectivity index (χ0n) is 9.24. The summed E-state index contributed by atoms with van der Waals surface area (Å²) in [6, 6.07) is 5.99. The number of anilines is 1. The van der Waals surface area contributed by atoms with Crippen LogP contribution in [0.5, 0.6) is 0 Å². The summed E-state index contributed by atoms with van der Waals surface area (Å²) in [5, 5.41) is 4.49. The highest BCUT2D eigenvalue weighted by molar-refractivity contribution is 7.12. The molecule has 0 radical (unpaired) electrons. The monoisotopic (exact) mass is 284 g/mol. The van der Waals surface area contributed by atoms with Crippen molar-refractivity contribution in [1.82, 2.24) is 5.32 Å². The van der Waals surface area contributed by atoms with Gasteiger partial charge in [0, 0.05) is 6.54 Å². The summed E-state index contributed by atoms with van der Waals surface area (Å²) in [4.78, 5) is 12.2. The Bertz CT molecular complexity index is 585. The molecule has 0 bridgehead atoms. The third-order valence-corrected chi connectivity index (χ3v) is 3.56. The van der Waals surface area contributed by atoms with E-state index in [1.165, 1.54) is 23.5 Å². The molecule has 0 atom stereocenters. The number of rotatable bonds is 3. The van der Waals surface area contributed by atoms with Crippen molar-refractivity contribution in [3.8, 4) is 0 Å². The molecule has 3 N–H and O–H groups in total. The molecule has 1 aromatic carbocycles. The molecule has 94 valence electrons. The van der Waals surface area contributed by atoms with Crippen LogP contribution in [0.2, 0.25) is 5.02 Å². The minimum Gasteiger partial charge on any atom is -0.397 e. The van der Waals surface area contributed by atoms with Crippen molar-refractivity contribution in [1.29, 1.82) is 0 Å². The largest absolute Gasteiger partial charge is 0.397 e. The van der Waals surface area contributed by atoms with Crippen molar-refractivity contribution in [2.24, 2.45) is 0 Å². The standard InChI is InChI=1S/C12H10ClFN2OS/c13-8-5-7(1-2-9(8)14)6-16-12(17)11-10(15)3-4-18-11/h1-5H,6,15H2,(H,16,17). The number of benzene rings is 1. The number of carbonyl (C=O) groups excluding carboxylic acids is 1. The van der Waals surface area contributed by atoms with E-state index in [1.807, 2.05) is 0 Å². The molecule has 0 unspecified atom stereocenters. The fourth-order valence-corrected chi connectivity index (χ4v) is 2.35. The summed E-state index contributed by atoms with van der Waals surface area (Å²) in [5.74, 6) is -0.725. The Morgan fingerprint density at radius 1 is 1.44 bits per heavy atom. The maximum absolute atomic E-state index is 12.9. The van der Waals surface area contributed by atoms with Crippen LogP contribution in [0.15, 0.2) is 29.6 Å². The summed E-state index contributed by atoms with van der Waals surface area (Å²) in [5.41, 5.74) is 6.81. The first-order chi connectivity index (χ1) is 8.58. The Kier molecular flexibility index (Phi) is 3.84. The lowest BCUT2D eigenvalue weighted by Gasteiger charge is -2.05. The Morgan fingerprint density at radius 2 is 2.22 bits per heavy atom. The maximum atomic E-state index is 12.9. The summed E-state index contributed by atoms with van der Waals surface area (Å²) in [6.07, 6.45) is 0.